The topological polar surface area (TPSA) is 55.1 Å². The second-order valence-corrected chi connectivity index (χ2v) is 4.19. The zero-order valence-corrected chi connectivity index (χ0v) is 9.02. The van der Waals surface area contributed by atoms with Crippen molar-refractivity contribution < 1.29 is 4.79 Å². The molecule has 0 fully saturated rings. The molecule has 3 N–H and O–H groups in total. The standard InChI is InChI=1S/C10H22N2O/c1-4-10(2,3)8-12-9(13)6-5-7-11/h4-8,11H2,1-3H3,(H,12,13). The van der Waals surface area contributed by atoms with Gasteiger partial charge in [-0.2, -0.15) is 0 Å². The molecule has 0 rings (SSSR count). The van der Waals surface area contributed by atoms with Crippen LogP contribution in [-0.2, 0) is 4.79 Å². The maximum absolute atomic E-state index is 11.2. The minimum Gasteiger partial charge on any atom is -0.356 e. The van der Waals surface area contributed by atoms with Crippen LogP contribution in [0.4, 0.5) is 0 Å². The van der Waals surface area contributed by atoms with E-state index in [1.165, 1.54) is 0 Å². The maximum Gasteiger partial charge on any atom is 0.220 e. The van der Waals surface area contributed by atoms with Crippen LogP contribution >= 0.6 is 0 Å². The number of carbonyl (C=O) groups is 1. The molecule has 1 amide bonds. The van der Waals surface area contributed by atoms with Crippen LogP contribution < -0.4 is 11.1 Å². The average molecular weight is 186 g/mol. The Morgan fingerprint density at radius 3 is 2.54 bits per heavy atom. The third-order valence-electron chi connectivity index (χ3n) is 2.33. The molecule has 3 heteroatoms. The molecule has 78 valence electrons. The lowest BCUT2D eigenvalue weighted by molar-refractivity contribution is -0.121. The molecular formula is C10H22N2O. The molecule has 0 radical (unpaired) electrons. The second kappa shape index (κ2) is 5.97. The third-order valence-corrected chi connectivity index (χ3v) is 2.33. The number of nitrogens with one attached hydrogen (secondary N) is 1. The summed E-state index contributed by atoms with van der Waals surface area (Å²) < 4.78 is 0. The molecule has 0 aliphatic carbocycles. The van der Waals surface area contributed by atoms with E-state index in [4.69, 9.17) is 5.73 Å². The number of rotatable bonds is 6. The second-order valence-electron chi connectivity index (χ2n) is 4.19. The van der Waals surface area contributed by atoms with Crippen LogP contribution in [0.1, 0.15) is 40.0 Å². The van der Waals surface area contributed by atoms with Gasteiger partial charge in [0.2, 0.25) is 5.91 Å². The molecule has 0 saturated carbocycles. The molecule has 0 aromatic rings. The molecule has 0 aromatic carbocycles. The molecule has 0 spiro atoms. The Morgan fingerprint density at radius 2 is 2.08 bits per heavy atom. The van der Waals surface area contributed by atoms with Crippen LogP contribution in [0.3, 0.4) is 0 Å². The number of hydrogen-bond acceptors (Lipinski definition) is 2. The van der Waals surface area contributed by atoms with Gasteiger partial charge in [-0.15, -0.1) is 0 Å². The number of carbonyl (C=O) groups excluding carboxylic acids is 1. The van der Waals surface area contributed by atoms with Crippen molar-refractivity contribution in [2.24, 2.45) is 11.1 Å². The zero-order chi connectivity index (χ0) is 10.3. The molecule has 3 nitrogen and oxygen atoms in total. The fourth-order valence-electron chi connectivity index (χ4n) is 0.814. The summed E-state index contributed by atoms with van der Waals surface area (Å²) in [6.45, 7) is 7.77. The highest BCUT2D eigenvalue weighted by molar-refractivity contribution is 5.75. The van der Waals surface area contributed by atoms with Crippen LogP contribution in [0, 0.1) is 5.41 Å². The van der Waals surface area contributed by atoms with Gasteiger partial charge in [0.25, 0.3) is 0 Å². The van der Waals surface area contributed by atoms with Crippen LogP contribution in [0.15, 0.2) is 0 Å². The van der Waals surface area contributed by atoms with Gasteiger partial charge in [0.15, 0.2) is 0 Å². The smallest absolute Gasteiger partial charge is 0.220 e. The molecule has 0 unspecified atom stereocenters. The van der Waals surface area contributed by atoms with Gasteiger partial charge in [0.1, 0.15) is 0 Å². The fourth-order valence-corrected chi connectivity index (χ4v) is 0.814. The van der Waals surface area contributed by atoms with E-state index in [0.717, 1.165) is 19.4 Å². The normalized spacial score (nSPS) is 11.4. The summed E-state index contributed by atoms with van der Waals surface area (Å²) in [5.74, 6) is 0.118. The Bertz CT molecular complexity index is 155. The number of nitrogens with two attached hydrogens (primary N) is 1. The third kappa shape index (κ3) is 6.58. The van der Waals surface area contributed by atoms with Crippen molar-refractivity contribution in [3.8, 4) is 0 Å². The first kappa shape index (κ1) is 12.4. The molecule has 0 aromatic heterocycles. The highest BCUT2D eigenvalue weighted by Gasteiger charge is 2.15. The highest BCUT2D eigenvalue weighted by Crippen LogP contribution is 2.17. The summed E-state index contributed by atoms with van der Waals surface area (Å²) >= 11 is 0. The minimum absolute atomic E-state index is 0.118. The Labute approximate surface area is 81.1 Å². The summed E-state index contributed by atoms with van der Waals surface area (Å²) in [5.41, 5.74) is 5.51. The van der Waals surface area contributed by atoms with Gasteiger partial charge in [0.05, 0.1) is 0 Å². The fraction of sp³-hybridized carbons (Fsp3) is 0.900. The molecule has 13 heavy (non-hydrogen) atoms. The highest BCUT2D eigenvalue weighted by atomic mass is 16.1. The van der Waals surface area contributed by atoms with Crippen molar-refractivity contribution in [2.75, 3.05) is 13.1 Å². The molecule has 0 heterocycles. The van der Waals surface area contributed by atoms with Crippen molar-refractivity contribution in [2.45, 2.75) is 40.0 Å². The van der Waals surface area contributed by atoms with Crippen molar-refractivity contribution in [1.29, 1.82) is 0 Å². The molecule has 0 aliphatic heterocycles. The molecule has 0 aliphatic rings. The van der Waals surface area contributed by atoms with Crippen LogP contribution in [0.25, 0.3) is 0 Å². The molecule has 0 atom stereocenters. The van der Waals surface area contributed by atoms with Crippen LogP contribution in [0.5, 0.6) is 0 Å². The summed E-state index contributed by atoms with van der Waals surface area (Å²) in [5, 5.41) is 2.91. The zero-order valence-electron chi connectivity index (χ0n) is 9.02. The van der Waals surface area contributed by atoms with Gasteiger partial charge in [-0.3, -0.25) is 4.79 Å². The molecule has 0 saturated heterocycles. The van der Waals surface area contributed by atoms with Crippen LogP contribution in [0.2, 0.25) is 0 Å². The van der Waals surface area contributed by atoms with Gasteiger partial charge < -0.3 is 11.1 Å². The monoisotopic (exact) mass is 186 g/mol. The molecular weight excluding hydrogens is 164 g/mol. The first-order chi connectivity index (χ1) is 6.02. The van der Waals surface area contributed by atoms with Crippen molar-refractivity contribution in [1.82, 2.24) is 5.32 Å². The van der Waals surface area contributed by atoms with E-state index >= 15 is 0 Å². The quantitative estimate of drug-likeness (QED) is 0.656. The summed E-state index contributed by atoms with van der Waals surface area (Å²) in [7, 11) is 0. The largest absolute Gasteiger partial charge is 0.356 e. The lowest BCUT2D eigenvalue weighted by atomic mass is 9.90. The van der Waals surface area contributed by atoms with E-state index < -0.39 is 0 Å². The van der Waals surface area contributed by atoms with Crippen molar-refractivity contribution in [3.63, 3.8) is 0 Å². The predicted molar refractivity (Wildman–Crippen MR) is 55.4 cm³/mol. The van der Waals surface area contributed by atoms with E-state index in [9.17, 15) is 4.79 Å². The minimum atomic E-state index is 0.118. The van der Waals surface area contributed by atoms with Gasteiger partial charge in [-0.05, 0) is 24.8 Å². The van der Waals surface area contributed by atoms with Gasteiger partial charge in [0, 0.05) is 13.0 Å². The Kier molecular flexibility index (Phi) is 5.71. The Hall–Kier alpha value is -0.570. The SMILES string of the molecule is CCC(C)(C)CNC(=O)CCCN. The van der Waals surface area contributed by atoms with Gasteiger partial charge >= 0.3 is 0 Å². The van der Waals surface area contributed by atoms with E-state index in [2.05, 4.69) is 26.1 Å². The summed E-state index contributed by atoms with van der Waals surface area (Å²) in [6.07, 6.45) is 2.40. The summed E-state index contributed by atoms with van der Waals surface area (Å²) in [4.78, 5) is 11.2. The predicted octanol–water partition coefficient (Wildman–Crippen LogP) is 1.28. The first-order valence-electron chi connectivity index (χ1n) is 4.98. The van der Waals surface area contributed by atoms with E-state index in [1.807, 2.05) is 0 Å². The van der Waals surface area contributed by atoms with Crippen molar-refractivity contribution >= 4 is 5.91 Å². The van der Waals surface area contributed by atoms with Gasteiger partial charge in [-0.1, -0.05) is 20.8 Å². The average Bonchev–Trinajstić information content (AvgIpc) is 2.11. The van der Waals surface area contributed by atoms with Gasteiger partial charge in [-0.25, -0.2) is 0 Å². The Balaban J connectivity index is 3.57. The lowest BCUT2D eigenvalue weighted by Crippen LogP contribution is -2.33. The van der Waals surface area contributed by atoms with E-state index in [-0.39, 0.29) is 11.3 Å². The van der Waals surface area contributed by atoms with Crippen LogP contribution in [-0.4, -0.2) is 19.0 Å². The lowest BCUT2D eigenvalue weighted by Gasteiger charge is -2.22. The van der Waals surface area contributed by atoms with Crippen molar-refractivity contribution in [3.05, 3.63) is 0 Å². The maximum atomic E-state index is 11.2. The molecule has 0 bridgehead atoms. The number of amides is 1. The van der Waals surface area contributed by atoms with E-state index in [1.54, 1.807) is 0 Å². The van der Waals surface area contributed by atoms with E-state index in [0.29, 0.717) is 13.0 Å². The Morgan fingerprint density at radius 1 is 1.46 bits per heavy atom. The number of hydrogen-bond donors (Lipinski definition) is 2. The summed E-state index contributed by atoms with van der Waals surface area (Å²) in [6, 6.07) is 0. The first-order valence-corrected chi connectivity index (χ1v) is 4.98.